The number of pyridine rings is 1. The Bertz CT molecular complexity index is 1100. The van der Waals surface area contributed by atoms with E-state index in [0.717, 1.165) is 4.57 Å². The van der Waals surface area contributed by atoms with Gasteiger partial charge in [0.25, 0.3) is 11.5 Å². The highest BCUT2D eigenvalue weighted by molar-refractivity contribution is 6.10. The number of anilines is 1. The van der Waals surface area contributed by atoms with E-state index >= 15 is 0 Å². The van der Waals surface area contributed by atoms with Crippen LogP contribution < -0.4 is 15.6 Å². The Morgan fingerprint density at radius 3 is 2.43 bits per heavy atom. The van der Waals surface area contributed by atoms with Gasteiger partial charge in [-0.15, -0.1) is 0 Å². The van der Waals surface area contributed by atoms with Gasteiger partial charge in [-0.2, -0.15) is 0 Å². The van der Waals surface area contributed by atoms with E-state index in [1.807, 2.05) is 0 Å². The summed E-state index contributed by atoms with van der Waals surface area (Å²) in [7, 11) is 1.51. The Hall–Kier alpha value is -3.81. The van der Waals surface area contributed by atoms with E-state index in [4.69, 9.17) is 9.47 Å². The Morgan fingerprint density at radius 1 is 1.11 bits per heavy atom. The van der Waals surface area contributed by atoms with Crippen molar-refractivity contribution in [2.24, 2.45) is 0 Å². The second-order valence-electron chi connectivity index (χ2n) is 5.76. The first-order valence-electron chi connectivity index (χ1n) is 8.47. The van der Waals surface area contributed by atoms with E-state index < -0.39 is 28.9 Å². The molecule has 28 heavy (non-hydrogen) atoms. The van der Waals surface area contributed by atoms with Crippen molar-refractivity contribution in [2.45, 2.75) is 6.92 Å². The number of fused-ring (bicyclic) bond motifs is 1. The molecule has 0 saturated carbocycles. The second-order valence-corrected chi connectivity index (χ2v) is 5.76. The summed E-state index contributed by atoms with van der Waals surface area (Å²) in [6.45, 7) is 1.65. The average Bonchev–Trinajstić information content (AvgIpc) is 2.69. The van der Waals surface area contributed by atoms with E-state index in [0.29, 0.717) is 11.4 Å². The van der Waals surface area contributed by atoms with Crippen molar-refractivity contribution in [3.63, 3.8) is 0 Å². The zero-order valence-corrected chi connectivity index (χ0v) is 15.3. The molecule has 1 heterocycles. The molecule has 0 spiro atoms. The third-order valence-corrected chi connectivity index (χ3v) is 4.08. The Labute approximate surface area is 159 Å². The molecule has 8 nitrogen and oxygen atoms in total. The lowest BCUT2D eigenvalue weighted by Crippen LogP contribution is -2.34. The molecular formula is C20H18N2O6. The summed E-state index contributed by atoms with van der Waals surface area (Å²) >= 11 is 0. The Morgan fingerprint density at radius 2 is 1.79 bits per heavy atom. The van der Waals surface area contributed by atoms with Crippen LogP contribution in [0.5, 0.6) is 11.5 Å². The molecule has 144 valence electrons. The Balaban J connectivity index is 2.12. The SMILES string of the molecule is CCOC(=O)n1c(=O)c(C(=O)Nc2ccc(OC)cc2)c(O)c2ccccc21. The van der Waals surface area contributed by atoms with Gasteiger partial charge in [-0.1, -0.05) is 12.1 Å². The number of aromatic hydroxyl groups is 1. The van der Waals surface area contributed by atoms with Gasteiger partial charge < -0.3 is 19.9 Å². The molecule has 0 fully saturated rings. The summed E-state index contributed by atoms with van der Waals surface area (Å²) in [4.78, 5) is 37.9. The number of hydrogen-bond donors (Lipinski definition) is 2. The molecule has 0 bridgehead atoms. The van der Waals surface area contributed by atoms with Gasteiger partial charge in [0.1, 0.15) is 17.1 Å². The zero-order valence-electron chi connectivity index (χ0n) is 15.3. The number of methoxy groups -OCH3 is 1. The quantitative estimate of drug-likeness (QED) is 0.718. The number of nitrogens with one attached hydrogen (secondary N) is 1. The molecule has 0 saturated heterocycles. The molecule has 3 aromatic rings. The van der Waals surface area contributed by atoms with Crippen LogP contribution in [0.15, 0.2) is 53.3 Å². The van der Waals surface area contributed by atoms with Crippen LogP contribution in [0, 0.1) is 0 Å². The van der Waals surface area contributed by atoms with Gasteiger partial charge in [0.15, 0.2) is 0 Å². The number of ether oxygens (including phenoxy) is 2. The maximum absolute atomic E-state index is 12.9. The minimum Gasteiger partial charge on any atom is -0.506 e. The fraction of sp³-hybridized carbons (Fsp3) is 0.150. The first-order valence-corrected chi connectivity index (χ1v) is 8.47. The lowest BCUT2D eigenvalue weighted by molar-refractivity contribution is 0.102. The van der Waals surface area contributed by atoms with Gasteiger partial charge in [-0.3, -0.25) is 9.59 Å². The zero-order chi connectivity index (χ0) is 20.3. The minimum absolute atomic E-state index is 0.0495. The van der Waals surface area contributed by atoms with Crippen LogP contribution in [0.3, 0.4) is 0 Å². The highest BCUT2D eigenvalue weighted by atomic mass is 16.5. The first kappa shape index (κ1) is 19.0. The summed E-state index contributed by atoms with van der Waals surface area (Å²) in [6.07, 6.45) is -0.929. The smallest absolute Gasteiger partial charge is 0.421 e. The number of carbonyl (C=O) groups is 2. The number of carbonyl (C=O) groups excluding carboxylic acids is 2. The number of amides is 1. The van der Waals surface area contributed by atoms with Gasteiger partial charge in [-0.05, 0) is 43.3 Å². The lowest BCUT2D eigenvalue weighted by Gasteiger charge is -2.13. The van der Waals surface area contributed by atoms with Crippen LogP contribution >= 0.6 is 0 Å². The summed E-state index contributed by atoms with van der Waals surface area (Å²) in [5.41, 5.74) is -0.992. The second kappa shape index (κ2) is 7.83. The van der Waals surface area contributed by atoms with Crippen molar-refractivity contribution in [3.05, 3.63) is 64.4 Å². The molecule has 2 N–H and O–H groups in total. The molecule has 3 rings (SSSR count). The van der Waals surface area contributed by atoms with Gasteiger partial charge in [-0.25, -0.2) is 9.36 Å². The molecule has 0 unspecified atom stereocenters. The van der Waals surface area contributed by atoms with Gasteiger partial charge >= 0.3 is 6.09 Å². The number of aromatic nitrogens is 1. The van der Waals surface area contributed by atoms with Gasteiger partial charge in [0, 0.05) is 11.1 Å². The van der Waals surface area contributed by atoms with Crippen molar-refractivity contribution < 1.29 is 24.2 Å². The van der Waals surface area contributed by atoms with Crippen LogP contribution in [-0.4, -0.2) is 35.4 Å². The highest BCUT2D eigenvalue weighted by Gasteiger charge is 2.25. The fourth-order valence-electron chi connectivity index (χ4n) is 2.77. The van der Waals surface area contributed by atoms with Crippen molar-refractivity contribution in [1.82, 2.24) is 4.57 Å². The van der Waals surface area contributed by atoms with E-state index in [9.17, 15) is 19.5 Å². The number of nitrogens with zero attached hydrogens (tertiary/aromatic N) is 1. The average molecular weight is 382 g/mol. The van der Waals surface area contributed by atoms with Crippen LogP contribution in [0.1, 0.15) is 17.3 Å². The van der Waals surface area contributed by atoms with Gasteiger partial charge in [0.2, 0.25) is 0 Å². The van der Waals surface area contributed by atoms with E-state index in [-0.39, 0.29) is 17.5 Å². The monoisotopic (exact) mass is 382 g/mol. The van der Waals surface area contributed by atoms with Crippen molar-refractivity contribution in [1.29, 1.82) is 0 Å². The number of rotatable bonds is 4. The molecule has 0 aliphatic rings. The number of hydrogen-bond acceptors (Lipinski definition) is 6. The molecule has 0 aliphatic heterocycles. The maximum Gasteiger partial charge on any atom is 0.421 e. The van der Waals surface area contributed by atoms with E-state index in [2.05, 4.69) is 5.32 Å². The standard InChI is InChI=1S/C20H18N2O6/c1-3-28-20(26)22-15-7-5-4-6-14(15)17(23)16(19(22)25)18(24)21-12-8-10-13(27-2)11-9-12/h4-11,23H,3H2,1-2H3,(H,21,24). The molecule has 1 amide bonds. The lowest BCUT2D eigenvalue weighted by atomic mass is 10.1. The van der Waals surface area contributed by atoms with Crippen LogP contribution in [0.2, 0.25) is 0 Å². The third-order valence-electron chi connectivity index (χ3n) is 4.08. The van der Waals surface area contributed by atoms with Crippen molar-refractivity contribution in [3.8, 4) is 11.5 Å². The molecule has 8 heteroatoms. The van der Waals surface area contributed by atoms with Gasteiger partial charge in [0.05, 0.1) is 19.2 Å². The molecular weight excluding hydrogens is 364 g/mol. The summed E-state index contributed by atoms with van der Waals surface area (Å²) in [5, 5.41) is 13.3. The largest absolute Gasteiger partial charge is 0.506 e. The number of para-hydroxylation sites is 1. The maximum atomic E-state index is 12.9. The minimum atomic E-state index is -0.972. The van der Waals surface area contributed by atoms with Crippen molar-refractivity contribution in [2.75, 3.05) is 19.0 Å². The van der Waals surface area contributed by atoms with Crippen LogP contribution in [0.4, 0.5) is 10.5 Å². The predicted molar refractivity (Wildman–Crippen MR) is 103 cm³/mol. The summed E-state index contributed by atoms with van der Waals surface area (Å²) in [6, 6.07) is 12.6. The highest BCUT2D eigenvalue weighted by Crippen LogP contribution is 2.27. The van der Waals surface area contributed by atoms with E-state index in [1.165, 1.54) is 19.2 Å². The summed E-state index contributed by atoms with van der Waals surface area (Å²) in [5.74, 6) is -0.764. The first-order chi connectivity index (χ1) is 13.5. The molecule has 0 radical (unpaired) electrons. The Kier molecular flexibility index (Phi) is 5.30. The molecule has 2 aromatic carbocycles. The summed E-state index contributed by atoms with van der Waals surface area (Å²) < 4.78 is 10.7. The normalized spacial score (nSPS) is 10.5. The third kappa shape index (κ3) is 3.39. The van der Waals surface area contributed by atoms with Crippen LogP contribution in [-0.2, 0) is 4.74 Å². The number of benzene rings is 2. The molecule has 1 aromatic heterocycles. The van der Waals surface area contributed by atoms with Crippen LogP contribution in [0.25, 0.3) is 10.9 Å². The van der Waals surface area contributed by atoms with E-state index in [1.54, 1.807) is 43.3 Å². The topological polar surface area (TPSA) is 107 Å². The fourth-order valence-corrected chi connectivity index (χ4v) is 2.77. The predicted octanol–water partition coefficient (Wildman–Crippen LogP) is 2.97. The molecule has 0 aliphatic carbocycles. The molecule has 0 atom stereocenters. The van der Waals surface area contributed by atoms with Crippen molar-refractivity contribution >= 4 is 28.6 Å².